The maximum Gasteiger partial charge on any atom is 0.266 e. The summed E-state index contributed by atoms with van der Waals surface area (Å²) >= 11 is 0. The molecule has 0 saturated carbocycles. The Labute approximate surface area is 183 Å². The lowest BCUT2D eigenvalue weighted by Crippen LogP contribution is -2.27. The van der Waals surface area contributed by atoms with E-state index < -0.39 is 0 Å². The van der Waals surface area contributed by atoms with Crippen molar-refractivity contribution >= 4 is 27.3 Å². The van der Waals surface area contributed by atoms with Gasteiger partial charge in [-0.1, -0.05) is 78.9 Å². The fourth-order valence-electron chi connectivity index (χ4n) is 4.54. The Balaban J connectivity index is 2.02. The second kappa shape index (κ2) is 7.06. The largest absolute Gasteiger partial charge is 0.268 e. The van der Waals surface area contributed by atoms with Crippen LogP contribution in [0.2, 0.25) is 0 Å². The first-order chi connectivity index (χ1) is 15.8. The van der Waals surface area contributed by atoms with E-state index in [2.05, 4.69) is 0 Å². The van der Waals surface area contributed by atoms with Gasteiger partial charge >= 0.3 is 0 Å². The minimum atomic E-state index is -0.154. The Morgan fingerprint density at radius 3 is 1.78 bits per heavy atom. The average Bonchev–Trinajstić information content (AvgIpc) is 2.86. The summed E-state index contributed by atoms with van der Waals surface area (Å²) in [5, 5.41) is 1.94. The van der Waals surface area contributed by atoms with E-state index in [1.165, 1.54) is 0 Å². The van der Waals surface area contributed by atoms with Gasteiger partial charge < -0.3 is 0 Å². The quantitative estimate of drug-likeness (QED) is 0.280. The molecule has 0 aliphatic carbocycles. The molecule has 0 aliphatic heterocycles. The van der Waals surface area contributed by atoms with Crippen molar-refractivity contribution in [2.45, 2.75) is 0 Å². The standard InChI is InChI=1S/C28H18N2O2/c31-27-22-16-8-7-15-21(22)25(19-11-3-1-4-12-19)26-29(20-13-5-2-6-14-20)28(32)23-17-9-10-18-24(23)30(26)27/h1-18H. The zero-order valence-corrected chi connectivity index (χ0v) is 17.1. The van der Waals surface area contributed by atoms with Gasteiger partial charge in [-0.05, 0) is 41.3 Å². The van der Waals surface area contributed by atoms with Gasteiger partial charge in [0.2, 0.25) is 0 Å². The van der Waals surface area contributed by atoms with E-state index in [9.17, 15) is 9.59 Å². The Hall–Kier alpha value is -4.44. The van der Waals surface area contributed by atoms with E-state index in [4.69, 9.17) is 0 Å². The van der Waals surface area contributed by atoms with Crippen molar-refractivity contribution in [2.24, 2.45) is 0 Å². The molecule has 4 heteroatoms. The molecule has 0 atom stereocenters. The SMILES string of the molecule is O=c1c2ccccc2n2c(=O)c3ccccc3c(-c3ccccc3)c2n1-c1ccccc1. The number of nitrogens with zero attached hydrogens (tertiary/aromatic N) is 2. The highest BCUT2D eigenvalue weighted by Gasteiger charge is 2.21. The molecule has 0 saturated heterocycles. The molecule has 2 aromatic heterocycles. The predicted octanol–water partition coefficient (Wildman–Crippen LogP) is 5.42. The minimum absolute atomic E-state index is 0.142. The number of pyridine rings is 1. The summed E-state index contributed by atoms with van der Waals surface area (Å²) in [4.78, 5) is 27.6. The van der Waals surface area contributed by atoms with Crippen LogP contribution in [-0.2, 0) is 0 Å². The number of para-hydroxylation sites is 2. The molecule has 6 rings (SSSR count). The molecule has 4 nitrogen and oxygen atoms in total. The van der Waals surface area contributed by atoms with Crippen LogP contribution in [0.4, 0.5) is 0 Å². The summed E-state index contributed by atoms with van der Waals surface area (Å²) in [6.45, 7) is 0. The first kappa shape index (κ1) is 18.3. The molecular formula is C28H18N2O2. The molecule has 0 unspecified atom stereocenters. The van der Waals surface area contributed by atoms with Crippen LogP contribution < -0.4 is 11.1 Å². The monoisotopic (exact) mass is 414 g/mol. The molecule has 0 aliphatic rings. The van der Waals surface area contributed by atoms with Gasteiger partial charge in [0.15, 0.2) is 0 Å². The van der Waals surface area contributed by atoms with E-state index in [1.807, 2.05) is 103 Å². The molecule has 2 heterocycles. The van der Waals surface area contributed by atoms with Crippen LogP contribution in [0.15, 0.2) is 119 Å². The van der Waals surface area contributed by atoms with E-state index >= 15 is 0 Å². The molecular weight excluding hydrogens is 396 g/mol. The second-order valence-corrected chi connectivity index (χ2v) is 7.74. The van der Waals surface area contributed by atoms with Gasteiger partial charge in [0.25, 0.3) is 11.1 Å². The summed E-state index contributed by atoms with van der Waals surface area (Å²) in [5.41, 5.74) is 3.39. The highest BCUT2D eigenvalue weighted by Crippen LogP contribution is 2.33. The van der Waals surface area contributed by atoms with Crippen LogP contribution in [0.3, 0.4) is 0 Å². The summed E-state index contributed by atoms with van der Waals surface area (Å²) < 4.78 is 3.35. The molecule has 32 heavy (non-hydrogen) atoms. The Morgan fingerprint density at radius 2 is 1.06 bits per heavy atom. The number of hydrogen-bond donors (Lipinski definition) is 0. The summed E-state index contributed by atoms with van der Waals surface area (Å²) in [5.74, 6) is 0. The normalized spacial score (nSPS) is 11.4. The average molecular weight is 414 g/mol. The molecule has 152 valence electrons. The molecule has 6 aromatic rings. The summed E-state index contributed by atoms with van der Waals surface area (Å²) in [7, 11) is 0. The van der Waals surface area contributed by atoms with Crippen LogP contribution in [0.5, 0.6) is 0 Å². The van der Waals surface area contributed by atoms with Crippen molar-refractivity contribution < 1.29 is 0 Å². The van der Waals surface area contributed by atoms with Gasteiger partial charge in [0, 0.05) is 10.9 Å². The third kappa shape index (κ3) is 2.56. The molecule has 0 bridgehead atoms. The van der Waals surface area contributed by atoms with Gasteiger partial charge in [-0.3, -0.25) is 18.6 Å². The first-order valence-corrected chi connectivity index (χ1v) is 10.5. The Kier molecular flexibility index (Phi) is 4.05. The topological polar surface area (TPSA) is 43.5 Å². The third-order valence-electron chi connectivity index (χ3n) is 5.93. The number of benzene rings is 4. The zero-order valence-electron chi connectivity index (χ0n) is 17.1. The molecule has 0 N–H and O–H groups in total. The Morgan fingerprint density at radius 1 is 0.500 bits per heavy atom. The lowest BCUT2D eigenvalue weighted by molar-refractivity contribution is 0.978. The van der Waals surface area contributed by atoms with Crippen LogP contribution in [0.25, 0.3) is 44.1 Å². The van der Waals surface area contributed by atoms with Crippen molar-refractivity contribution in [3.63, 3.8) is 0 Å². The maximum atomic E-state index is 13.8. The zero-order chi connectivity index (χ0) is 21.7. The van der Waals surface area contributed by atoms with Crippen molar-refractivity contribution in [1.82, 2.24) is 8.97 Å². The van der Waals surface area contributed by atoms with E-state index in [1.54, 1.807) is 15.0 Å². The smallest absolute Gasteiger partial charge is 0.266 e. The van der Waals surface area contributed by atoms with Gasteiger partial charge in [0.1, 0.15) is 5.65 Å². The van der Waals surface area contributed by atoms with Crippen LogP contribution in [-0.4, -0.2) is 8.97 Å². The van der Waals surface area contributed by atoms with Crippen molar-refractivity contribution in [1.29, 1.82) is 0 Å². The second-order valence-electron chi connectivity index (χ2n) is 7.74. The van der Waals surface area contributed by atoms with E-state index in [0.717, 1.165) is 16.5 Å². The predicted molar refractivity (Wildman–Crippen MR) is 130 cm³/mol. The first-order valence-electron chi connectivity index (χ1n) is 10.5. The fourth-order valence-corrected chi connectivity index (χ4v) is 4.54. The molecule has 0 amide bonds. The lowest BCUT2D eigenvalue weighted by atomic mass is 9.99. The summed E-state index contributed by atoms with van der Waals surface area (Å²) in [6.07, 6.45) is 0. The molecule has 0 fully saturated rings. The van der Waals surface area contributed by atoms with Gasteiger partial charge in [-0.2, -0.15) is 0 Å². The molecule has 0 spiro atoms. The minimum Gasteiger partial charge on any atom is -0.268 e. The Bertz CT molecular complexity index is 1750. The summed E-state index contributed by atoms with van der Waals surface area (Å²) in [6, 6.07) is 34.3. The molecule has 0 radical (unpaired) electrons. The van der Waals surface area contributed by atoms with Crippen molar-refractivity contribution in [3.8, 4) is 16.8 Å². The van der Waals surface area contributed by atoms with Gasteiger partial charge in [-0.15, -0.1) is 0 Å². The van der Waals surface area contributed by atoms with Gasteiger partial charge in [-0.25, -0.2) is 0 Å². The van der Waals surface area contributed by atoms with Crippen molar-refractivity contribution in [2.75, 3.05) is 0 Å². The number of rotatable bonds is 2. The maximum absolute atomic E-state index is 13.8. The number of fused-ring (bicyclic) bond motifs is 4. The van der Waals surface area contributed by atoms with Crippen LogP contribution in [0, 0.1) is 0 Å². The lowest BCUT2D eigenvalue weighted by Gasteiger charge is -2.19. The van der Waals surface area contributed by atoms with Crippen molar-refractivity contribution in [3.05, 3.63) is 130 Å². The van der Waals surface area contributed by atoms with Crippen LogP contribution >= 0.6 is 0 Å². The van der Waals surface area contributed by atoms with E-state index in [-0.39, 0.29) is 11.1 Å². The van der Waals surface area contributed by atoms with E-state index in [0.29, 0.717) is 27.6 Å². The number of aromatic nitrogens is 2. The molecule has 4 aromatic carbocycles. The van der Waals surface area contributed by atoms with Crippen LogP contribution in [0.1, 0.15) is 0 Å². The number of hydrogen-bond acceptors (Lipinski definition) is 2. The highest BCUT2D eigenvalue weighted by molar-refractivity contribution is 6.04. The third-order valence-corrected chi connectivity index (χ3v) is 5.93. The van der Waals surface area contributed by atoms with Gasteiger partial charge in [0.05, 0.1) is 16.6 Å². The fraction of sp³-hybridized carbons (Fsp3) is 0. The highest BCUT2D eigenvalue weighted by atomic mass is 16.1.